The molecule has 0 saturated carbocycles. The second-order valence-electron chi connectivity index (χ2n) is 4.58. The van der Waals surface area contributed by atoms with E-state index < -0.39 is 0 Å². The van der Waals surface area contributed by atoms with E-state index in [1.54, 1.807) is 12.4 Å². The summed E-state index contributed by atoms with van der Waals surface area (Å²) in [4.78, 5) is 19.9. The molecule has 0 aliphatic heterocycles. The quantitative estimate of drug-likeness (QED) is 0.580. The Morgan fingerprint density at radius 2 is 1.68 bits per heavy atom. The normalized spacial score (nSPS) is 10.4. The standard InChI is InChI=1S/C16H18N2O/c1-2-3-4-5-16(19)14-8-6-13(7-9-14)15-10-17-12-18-11-15/h6-12H,2-5H2,1H3. The summed E-state index contributed by atoms with van der Waals surface area (Å²) in [5.74, 6) is 0.226. The van der Waals surface area contributed by atoms with Crippen LogP contribution in [0.2, 0.25) is 0 Å². The van der Waals surface area contributed by atoms with Gasteiger partial charge in [0.25, 0.3) is 0 Å². The predicted octanol–water partition coefficient (Wildman–Crippen LogP) is 3.91. The molecular formula is C16H18N2O. The first-order valence-electron chi connectivity index (χ1n) is 6.70. The topological polar surface area (TPSA) is 42.9 Å². The van der Waals surface area contributed by atoms with Gasteiger partial charge in [-0.3, -0.25) is 4.79 Å². The van der Waals surface area contributed by atoms with Gasteiger partial charge in [-0.05, 0) is 12.0 Å². The Balaban J connectivity index is 2.04. The molecular weight excluding hydrogens is 236 g/mol. The van der Waals surface area contributed by atoms with Gasteiger partial charge in [0, 0.05) is 29.9 Å². The lowest BCUT2D eigenvalue weighted by Gasteiger charge is -2.03. The molecule has 0 fully saturated rings. The van der Waals surface area contributed by atoms with Gasteiger partial charge in [-0.15, -0.1) is 0 Å². The zero-order valence-electron chi connectivity index (χ0n) is 11.2. The third-order valence-electron chi connectivity index (χ3n) is 3.11. The summed E-state index contributed by atoms with van der Waals surface area (Å²) in [7, 11) is 0. The molecule has 98 valence electrons. The lowest BCUT2D eigenvalue weighted by Crippen LogP contribution is -1.98. The van der Waals surface area contributed by atoms with Crippen LogP contribution in [-0.4, -0.2) is 15.8 Å². The Hall–Kier alpha value is -2.03. The number of carbonyl (C=O) groups is 1. The van der Waals surface area contributed by atoms with Crippen molar-refractivity contribution in [2.24, 2.45) is 0 Å². The molecule has 0 spiro atoms. The van der Waals surface area contributed by atoms with E-state index in [1.165, 1.54) is 6.33 Å². The first kappa shape index (κ1) is 13.4. The number of nitrogens with zero attached hydrogens (tertiary/aromatic N) is 2. The summed E-state index contributed by atoms with van der Waals surface area (Å²) in [5.41, 5.74) is 2.79. The predicted molar refractivity (Wildman–Crippen MR) is 75.9 cm³/mol. The Kier molecular flexibility index (Phi) is 4.78. The molecule has 2 aromatic rings. The maximum atomic E-state index is 11.9. The first-order valence-corrected chi connectivity index (χ1v) is 6.70. The smallest absolute Gasteiger partial charge is 0.162 e. The van der Waals surface area contributed by atoms with E-state index in [-0.39, 0.29) is 5.78 Å². The highest BCUT2D eigenvalue weighted by atomic mass is 16.1. The second-order valence-corrected chi connectivity index (χ2v) is 4.58. The van der Waals surface area contributed by atoms with Crippen LogP contribution in [0.15, 0.2) is 43.0 Å². The Morgan fingerprint density at radius 1 is 1.00 bits per heavy atom. The van der Waals surface area contributed by atoms with Crippen molar-refractivity contribution < 1.29 is 4.79 Å². The fraction of sp³-hybridized carbons (Fsp3) is 0.312. The summed E-state index contributed by atoms with van der Waals surface area (Å²) >= 11 is 0. The van der Waals surface area contributed by atoms with E-state index in [9.17, 15) is 4.79 Å². The van der Waals surface area contributed by atoms with E-state index >= 15 is 0 Å². The van der Waals surface area contributed by atoms with Crippen LogP contribution in [0.1, 0.15) is 43.0 Å². The zero-order valence-corrected chi connectivity index (χ0v) is 11.2. The van der Waals surface area contributed by atoms with Crippen molar-refractivity contribution in [1.82, 2.24) is 9.97 Å². The molecule has 0 saturated heterocycles. The molecule has 1 aromatic carbocycles. The summed E-state index contributed by atoms with van der Waals surface area (Å²) in [6, 6.07) is 7.67. The minimum Gasteiger partial charge on any atom is -0.294 e. The molecule has 19 heavy (non-hydrogen) atoms. The molecule has 0 unspecified atom stereocenters. The Morgan fingerprint density at radius 3 is 2.32 bits per heavy atom. The Bertz CT molecular complexity index is 520. The van der Waals surface area contributed by atoms with Gasteiger partial charge < -0.3 is 0 Å². The van der Waals surface area contributed by atoms with Crippen molar-refractivity contribution >= 4 is 5.78 Å². The van der Waals surface area contributed by atoms with Crippen molar-refractivity contribution in [3.8, 4) is 11.1 Å². The number of unbranched alkanes of at least 4 members (excludes halogenated alkanes) is 2. The van der Waals surface area contributed by atoms with Gasteiger partial charge in [-0.2, -0.15) is 0 Å². The molecule has 0 N–H and O–H groups in total. The molecule has 1 heterocycles. The van der Waals surface area contributed by atoms with E-state index in [1.807, 2.05) is 24.3 Å². The monoisotopic (exact) mass is 254 g/mol. The summed E-state index contributed by atoms with van der Waals surface area (Å²) in [6.07, 6.45) is 8.92. The Labute approximate surface area is 113 Å². The van der Waals surface area contributed by atoms with Crippen molar-refractivity contribution in [1.29, 1.82) is 0 Å². The van der Waals surface area contributed by atoms with Gasteiger partial charge in [-0.1, -0.05) is 44.0 Å². The largest absolute Gasteiger partial charge is 0.294 e. The lowest BCUT2D eigenvalue weighted by molar-refractivity contribution is 0.0979. The highest BCUT2D eigenvalue weighted by molar-refractivity contribution is 5.96. The number of aromatic nitrogens is 2. The fourth-order valence-electron chi connectivity index (χ4n) is 1.98. The minimum atomic E-state index is 0.226. The van der Waals surface area contributed by atoms with Gasteiger partial charge in [0.2, 0.25) is 0 Å². The van der Waals surface area contributed by atoms with Gasteiger partial charge in [0.1, 0.15) is 6.33 Å². The average Bonchev–Trinajstić information content (AvgIpc) is 2.48. The third kappa shape index (κ3) is 3.71. The van der Waals surface area contributed by atoms with E-state index in [2.05, 4.69) is 16.9 Å². The molecule has 0 radical (unpaired) electrons. The minimum absolute atomic E-state index is 0.226. The van der Waals surface area contributed by atoms with E-state index in [4.69, 9.17) is 0 Å². The first-order chi connectivity index (χ1) is 9.31. The summed E-state index contributed by atoms with van der Waals surface area (Å²) in [5, 5.41) is 0. The molecule has 0 aliphatic carbocycles. The number of carbonyl (C=O) groups excluding carboxylic acids is 1. The van der Waals surface area contributed by atoms with Gasteiger partial charge in [-0.25, -0.2) is 9.97 Å². The second kappa shape index (κ2) is 6.78. The zero-order chi connectivity index (χ0) is 13.5. The van der Waals surface area contributed by atoms with Crippen molar-refractivity contribution in [2.45, 2.75) is 32.6 Å². The van der Waals surface area contributed by atoms with E-state index in [0.29, 0.717) is 6.42 Å². The average molecular weight is 254 g/mol. The number of Topliss-reactive ketones (excluding diaryl/α,β-unsaturated/α-hetero) is 1. The molecule has 0 amide bonds. The van der Waals surface area contributed by atoms with Crippen LogP contribution in [0.4, 0.5) is 0 Å². The van der Waals surface area contributed by atoms with Crippen LogP contribution in [0, 0.1) is 0 Å². The molecule has 3 nitrogen and oxygen atoms in total. The summed E-state index contributed by atoms with van der Waals surface area (Å²) in [6.45, 7) is 2.14. The lowest BCUT2D eigenvalue weighted by atomic mass is 10.0. The highest BCUT2D eigenvalue weighted by Crippen LogP contribution is 2.18. The number of rotatable bonds is 6. The van der Waals surface area contributed by atoms with E-state index in [0.717, 1.165) is 36.0 Å². The van der Waals surface area contributed by atoms with Crippen LogP contribution in [0.3, 0.4) is 0 Å². The number of hydrogen-bond acceptors (Lipinski definition) is 3. The van der Waals surface area contributed by atoms with Gasteiger partial charge in [0.15, 0.2) is 5.78 Å². The molecule has 0 atom stereocenters. The van der Waals surface area contributed by atoms with Crippen LogP contribution >= 0.6 is 0 Å². The fourth-order valence-corrected chi connectivity index (χ4v) is 1.98. The van der Waals surface area contributed by atoms with Crippen molar-refractivity contribution in [3.63, 3.8) is 0 Å². The molecule has 1 aromatic heterocycles. The van der Waals surface area contributed by atoms with Crippen molar-refractivity contribution in [3.05, 3.63) is 48.5 Å². The molecule has 2 rings (SSSR count). The van der Waals surface area contributed by atoms with Gasteiger partial charge in [0.05, 0.1) is 0 Å². The number of ketones is 1. The van der Waals surface area contributed by atoms with Crippen LogP contribution in [-0.2, 0) is 0 Å². The van der Waals surface area contributed by atoms with Crippen molar-refractivity contribution in [2.75, 3.05) is 0 Å². The summed E-state index contributed by atoms with van der Waals surface area (Å²) < 4.78 is 0. The maximum absolute atomic E-state index is 11.9. The number of hydrogen-bond donors (Lipinski definition) is 0. The van der Waals surface area contributed by atoms with Gasteiger partial charge >= 0.3 is 0 Å². The maximum Gasteiger partial charge on any atom is 0.162 e. The molecule has 0 aliphatic rings. The number of benzene rings is 1. The molecule has 3 heteroatoms. The SMILES string of the molecule is CCCCCC(=O)c1ccc(-c2cncnc2)cc1. The molecule has 0 bridgehead atoms. The van der Waals surface area contributed by atoms with Crippen LogP contribution in [0.25, 0.3) is 11.1 Å². The van der Waals surface area contributed by atoms with Crippen LogP contribution < -0.4 is 0 Å². The third-order valence-corrected chi connectivity index (χ3v) is 3.11. The van der Waals surface area contributed by atoms with Crippen LogP contribution in [0.5, 0.6) is 0 Å². The highest BCUT2D eigenvalue weighted by Gasteiger charge is 2.05.